The summed E-state index contributed by atoms with van der Waals surface area (Å²) >= 11 is 1.01. The van der Waals surface area contributed by atoms with Gasteiger partial charge in [-0.15, -0.1) is 11.3 Å². The van der Waals surface area contributed by atoms with E-state index >= 15 is 0 Å². The average Bonchev–Trinajstić information content (AvgIpc) is 3.03. The van der Waals surface area contributed by atoms with E-state index in [1.807, 2.05) is 37.3 Å². The van der Waals surface area contributed by atoms with Gasteiger partial charge < -0.3 is 20.1 Å². The van der Waals surface area contributed by atoms with E-state index in [2.05, 4.69) is 10.6 Å². The number of amides is 1. The van der Waals surface area contributed by atoms with Gasteiger partial charge in [0.2, 0.25) is 5.91 Å². The normalized spacial score (nSPS) is 11.6. The van der Waals surface area contributed by atoms with Crippen molar-refractivity contribution in [2.24, 2.45) is 0 Å². The Bertz CT molecular complexity index is 863. The van der Waals surface area contributed by atoms with Crippen LogP contribution in [0.25, 0.3) is 0 Å². The minimum Gasteiger partial charge on any atom is -0.462 e. The molecule has 1 heterocycles. The molecule has 2 N–H and O–H groups in total. The summed E-state index contributed by atoms with van der Waals surface area (Å²) in [5, 5.41) is 6.15. The molecule has 1 atom stereocenters. The molecule has 7 nitrogen and oxygen atoms in total. The number of thiophene rings is 1. The first kappa shape index (κ1) is 22.6. The third kappa shape index (κ3) is 5.88. The monoisotopic (exact) mass is 418 g/mol. The van der Waals surface area contributed by atoms with Crippen LogP contribution in [-0.2, 0) is 14.3 Å². The fourth-order valence-electron chi connectivity index (χ4n) is 2.72. The third-order valence-corrected chi connectivity index (χ3v) is 5.40. The molecule has 1 aromatic carbocycles. The summed E-state index contributed by atoms with van der Waals surface area (Å²) in [6, 6.07) is 9.73. The Kier molecular flexibility index (Phi) is 8.35. The molecule has 1 amide bonds. The molecule has 0 spiro atoms. The Labute approximate surface area is 174 Å². The second kappa shape index (κ2) is 10.7. The van der Waals surface area contributed by atoms with Gasteiger partial charge in [-0.1, -0.05) is 30.3 Å². The van der Waals surface area contributed by atoms with Crippen LogP contribution >= 0.6 is 11.3 Å². The SMILES string of the molecule is CCOC(=O)c1sc(NC(=O)CN[C@@H](C)c2ccccc2)c(C(=O)OCC)c1C. The molecule has 1 aromatic heterocycles. The summed E-state index contributed by atoms with van der Waals surface area (Å²) in [4.78, 5) is 37.3. The van der Waals surface area contributed by atoms with E-state index in [9.17, 15) is 14.4 Å². The quantitative estimate of drug-likeness (QED) is 0.603. The molecule has 29 heavy (non-hydrogen) atoms. The largest absolute Gasteiger partial charge is 0.462 e. The van der Waals surface area contributed by atoms with E-state index in [0.29, 0.717) is 5.56 Å². The number of rotatable bonds is 9. The maximum atomic E-state index is 12.5. The molecular weight excluding hydrogens is 392 g/mol. The summed E-state index contributed by atoms with van der Waals surface area (Å²) in [5.74, 6) is -1.44. The topological polar surface area (TPSA) is 93.7 Å². The molecule has 0 aliphatic carbocycles. The lowest BCUT2D eigenvalue weighted by atomic mass is 10.1. The van der Waals surface area contributed by atoms with Crippen molar-refractivity contribution in [1.29, 1.82) is 0 Å². The Hall–Kier alpha value is -2.71. The first-order chi connectivity index (χ1) is 13.9. The molecule has 8 heteroatoms. The van der Waals surface area contributed by atoms with E-state index in [1.54, 1.807) is 20.8 Å². The van der Waals surface area contributed by atoms with Gasteiger partial charge in [0.05, 0.1) is 25.3 Å². The van der Waals surface area contributed by atoms with Gasteiger partial charge in [0.15, 0.2) is 0 Å². The Morgan fingerprint density at radius 3 is 2.28 bits per heavy atom. The van der Waals surface area contributed by atoms with E-state index in [0.717, 1.165) is 16.9 Å². The zero-order valence-corrected chi connectivity index (χ0v) is 17.9. The van der Waals surface area contributed by atoms with E-state index in [-0.39, 0.29) is 47.1 Å². The molecule has 0 aliphatic rings. The molecular formula is C21H26N2O5S. The molecule has 0 saturated heterocycles. The summed E-state index contributed by atoms with van der Waals surface area (Å²) in [6.07, 6.45) is 0. The van der Waals surface area contributed by atoms with Crippen molar-refractivity contribution in [3.05, 3.63) is 51.9 Å². The van der Waals surface area contributed by atoms with E-state index < -0.39 is 11.9 Å². The molecule has 156 valence electrons. The van der Waals surface area contributed by atoms with Gasteiger partial charge in [0, 0.05) is 6.04 Å². The number of hydrogen-bond donors (Lipinski definition) is 2. The molecule has 0 saturated carbocycles. The maximum Gasteiger partial charge on any atom is 0.348 e. The minimum atomic E-state index is -0.585. The summed E-state index contributed by atoms with van der Waals surface area (Å²) < 4.78 is 10.1. The second-order valence-electron chi connectivity index (χ2n) is 6.26. The van der Waals surface area contributed by atoms with Crippen LogP contribution in [0.5, 0.6) is 0 Å². The second-order valence-corrected chi connectivity index (χ2v) is 7.28. The van der Waals surface area contributed by atoms with Gasteiger partial charge in [0.1, 0.15) is 9.88 Å². The van der Waals surface area contributed by atoms with Crippen LogP contribution in [-0.4, -0.2) is 37.6 Å². The molecule has 0 bridgehead atoms. The van der Waals surface area contributed by atoms with Crippen molar-refractivity contribution < 1.29 is 23.9 Å². The Morgan fingerprint density at radius 2 is 1.66 bits per heavy atom. The van der Waals surface area contributed by atoms with Gasteiger partial charge in [-0.05, 0) is 38.8 Å². The van der Waals surface area contributed by atoms with Gasteiger partial charge in [0.25, 0.3) is 0 Å². The van der Waals surface area contributed by atoms with Crippen molar-refractivity contribution in [1.82, 2.24) is 5.32 Å². The first-order valence-electron chi connectivity index (χ1n) is 9.44. The van der Waals surface area contributed by atoms with Crippen LogP contribution in [0.2, 0.25) is 0 Å². The van der Waals surface area contributed by atoms with Crippen molar-refractivity contribution >= 4 is 34.2 Å². The number of carbonyl (C=O) groups excluding carboxylic acids is 3. The van der Waals surface area contributed by atoms with Crippen LogP contribution in [0.15, 0.2) is 30.3 Å². The molecule has 2 rings (SSSR count). The minimum absolute atomic E-state index is 0.0216. The van der Waals surface area contributed by atoms with Crippen LogP contribution in [0.3, 0.4) is 0 Å². The Balaban J connectivity index is 2.15. The highest BCUT2D eigenvalue weighted by Crippen LogP contribution is 2.34. The standard InChI is InChI=1S/C21H26N2O5S/c1-5-27-20(25)17-13(3)18(21(26)28-6-2)29-19(17)23-16(24)12-22-14(4)15-10-8-7-9-11-15/h7-11,14,22H,5-6,12H2,1-4H3,(H,23,24)/t14-/m0/s1. The third-order valence-electron chi connectivity index (χ3n) is 4.21. The fourth-order valence-corrected chi connectivity index (χ4v) is 3.82. The van der Waals surface area contributed by atoms with Gasteiger partial charge in [-0.25, -0.2) is 9.59 Å². The van der Waals surface area contributed by atoms with Gasteiger partial charge in [-0.3, -0.25) is 4.79 Å². The number of hydrogen-bond acceptors (Lipinski definition) is 7. The highest BCUT2D eigenvalue weighted by atomic mass is 32.1. The number of carbonyl (C=O) groups is 3. The summed E-state index contributed by atoms with van der Waals surface area (Å²) in [7, 11) is 0. The van der Waals surface area contributed by atoms with Gasteiger partial charge >= 0.3 is 11.9 Å². The lowest BCUT2D eigenvalue weighted by molar-refractivity contribution is -0.115. The lowest BCUT2D eigenvalue weighted by Crippen LogP contribution is -2.30. The first-order valence-corrected chi connectivity index (χ1v) is 10.3. The van der Waals surface area contributed by atoms with Crippen LogP contribution in [0, 0.1) is 6.92 Å². The molecule has 0 aliphatic heterocycles. The number of ether oxygens (including phenoxy) is 2. The number of nitrogens with one attached hydrogen (secondary N) is 2. The van der Waals surface area contributed by atoms with Crippen molar-refractivity contribution in [3.63, 3.8) is 0 Å². The average molecular weight is 419 g/mol. The van der Waals surface area contributed by atoms with Gasteiger partial charge in [-0.2, -0.15) is 0 Å². The predicted octanol–water partition coefficient (Wildman–Crippen LogP) is 3.70. The number of anilines is 1. The predicted molar refractivity (Wildman–Crippen MR) is 112 cm³/mol. The van der Waals surface area contributed by atoms with Crippen LogP contribution in [0.4, 0.5) is 5.00 Å². The zero-order chi connectivity index (χ0) is 21.4. The smallest absolute Gasteiger partial charge is 0.348 e. The fraction of sp³-hybridized carbons (Fsp3) is 0.381. The van der Waals surface area contributed by atoms with Crippen LogP contribution in [0.1, 0.15) is 58.0 Å². The van der Waals surface area contributed by atoms with E-state index in [1.165, 1.54) is 0 Å². The molecule has 0 radical (unpaired) electrons. The zero-order valence-electron chi connectivity index (χ0n) is 17.0. The highest BCUT2D eigenvalue weighted by molar-refractivity contribution is 7.18. The number of esters is 2. The van der Waals surface area contributed by atoms with Crippen molar-refractivity contribution in [2.75, 3.05) is 25.1 Å². The summed E-state index contributed by atoms with van der Waals surface area (Å²) in [5.41, 5.74) is 1.68. The van der Waals surface area contributed by atoms with Crippen molar-refractivity contribution in [3.8, 4) is 0 Å². The Morgan fingerprint density at radius 1 is 1.03 bits per heavy atom. The molecule has 2 aromatic rings. The van der Waals surface area contributed by atoms with Crippen molar-refractivity contribution in [2.45, 2.75) is 33.7 Å². The summed E-state index contributed by atoms with van der Waals surface area (Å²) in [6.45, 7) is 7.44. The lowest BCUT2D eigenvalue weighted by Gasteiger charge is -2.14. The van der Waals surface area contributed by atoms with E-state index in [4.69, 9.17) is 9.47 Å². The molecule has 0 fully saturated rings. The highest BCUT2D eigenvalue weighted by Gasteiger charge is 2.27. The molecule has 0 unspecified atom stereocenters. The number of benzene rings is 1. The van der Waals surface area contributed by atoms with Crippen LogP contribution < -0.4 is 10.6 Å². The maximum absolute atomic E-state index is 12.5.